The van der Waals surface area contributed by atoms with Gasteiger partial charge in [-0.3, -0.25) is 29.3 Å². The summed E-state index contributed by atoms with van der Waals surface area (Å²) in [5.41, 5.74) is -0.0516. The molecule has 3 amide bonds. The molecule has 3 aliphatic rings. The molecule has 2 aromatic carbocycles. The summed E-state index contributed by atoms with van der Waals surface area (Å²) in [6.07, 6.45) is 4.59. The summed E-state index contributed by atoms with van der Waals surface area (Å²) in [6.45, 7) is -0.610. The van der Waals surface area contributed by atoms with Crippen molar-refractivity contribution in [1.29, 1.82) is 0 Å². The summed E-state index contributed by atoms with van der Waals surface area (Å²) < 4.78 is 0. The van der Waals surface area contributed by atoms with E-state index in [2.05, 4.69) is 0 Å². The van der Waals surface area contributed by atoms with E-state index in [1.807, 2.05) is 12.2 Å². The molecule has 0 spiro atoms. The molecule has 1 saturated carbocycles. The van der Waals surface area contributed by atoms with Crippen LogP contribution < -0.4 is 0 Å². The topological polar surface area (TPSA) is 118 Å². The molecular weight excluding hydrogens is 462 g/mol. The number of amides is 3. The van der Waals surface area contributed by atoms with E-state index in [1.54, 1.807) is 12.1 Å². The van der Waals surface area contributed by atoms with Crippen LogP contribution in [-0.2, 0) is 9.59 Å². The van der Waals surface area contributed by atoms with Crippen LogP contribution >= 0.6 is 11.6 Å². The van der Waals surface area contributed by atoms with Gasteiger partial charge in [0.15, 0.2) is 5.78 Å². The normalized spacial score (nSPS) is 24.4. The van der Waals surface area contributed by atoms with Crippen LogP contribution in [0.25, 0.3) is 0 Å². The Hall–Kier alpha value is -3.85. The molecule has 2 bridgehead atoms. The SMILES string of the molecule is O=C(CN(C(=O)c1ccccc1Cl)N1C(=O)[C@@H]2[C@H](C1=O)[C@H]1C=C[C@H]2C1)c1ccc([N+](=O)[O-])cc1. The van der Waals surface area contributed by atoms with Crippen molar-refractivity contribution in [2.45, 2.75) is 6.42 Å². The standard InChI is InChI=1S/C24H18ClN3O6/c25-18-4-2-1-3-17(18)22(30)26(12-19(29)13-7-9-16(10-8-13)28(33)34)27-23(31)20-14-5-6-15(11-14)21(20)24(27)32/h1-10,14-15,20-21H,11-12H2/t14-,15-,20-,21+/m0/s1. The van der Waals surface area contributed by atoms with Crippen LogP contribution in [0.15, 0.2) is 60.7 Å². The molecule has 2 aliphatic carbocycles. The van der Waals surface area contributed by atoms with Crippen LogP contribution in [-0.4, -0.2) is 45.0 Å². The van der Waals surface area contributed by atoms with Gasteiger partial charge in [0.05, 0.1) is 27.3 Å². The van der Waals surface area contributed by atoms with E-state index in [4.69, 9.17) is 11.6 Å². The molecule has 34 heavy (non-hydrogen) atoms. The third kappa shape index (κ3) is 3.40. The number of non-ortho nitro benzene ring substituents is 1. The number of allylic oxidation sites excluding steroid dienone is 2. The molecule has 1 aliphatic heterocycles. The molecule has 0 radical (unpaired) electrons. The number of fused-ring (bicyclic) bond motifs is 5. The molecule has 0 N–H and O–H groups in total. The van der Waals surface area contributed by atoms with Crippen molar-refractivity contribution in [3.8, 4) is 0 Å². The van der Waals surface area contributed by atoms with Crippen LogP contribution in [0.2, 0.25) is 5.02 Å². The number of carbonyl (C=O) groups excluding carboxylic acids is 4. The minimum absolute atomic E-state index is 0.0411. The third-order valence-corrected chi connectivity index (χ3v) is 7.05. The molecule has 4 atom stereocenters. The molecule has 0 aromatic heterocycles. The zero-order valence-corrected chi connectivity index (χ0v) is 18.4. The van der Waals surface area contributed by atoms with Crippen LogP contribution in [0.5, 0.6) is 0 Å². The highest BCUT2D eigenvalue weighted by Gasteiger charge is 2.61. The van der Waals surface area contributed by atoms with Crippen molar-refractivity contribution in [3.63, 3.8) is 0 Å². The minimum atomic E-state index is -0.761. The van der Waals surface area contributed by atoms with Gasteiger partial charge in [0.1, 0.15) is 6.54 Å². The summed E-state index contributed by atoms with van der Waals surface area (Å²) in [4.78, 5) is 63.6. The van der Waals surface area contributed by atoms with Crippen molar-refractivity contribution in [1.82, 2.24) is 10.0 Å². The molecule has 1 heterocycles. The average Bonchev–Trinajstić information content (AvgIpc) is 3.51. The summed E-state index contributed by atoms with van der Waals surface area (Å²) >= 11 is 6.20. The smallest absolute Gasteiger partial charge is 0.274 e. The van der Waals surface area contributed by atoms with E-state index in [-0.39, 0.29) is 33.7 Å². The predicted octanol–water partition coefficient (Wildman–Crippen LogP) is 3.30. The molecule has 1 saturated heterocycles. The van der Waals surface area contributed by atoms with Gasteiger partial charge < -0.3 is 0 Å². The number of benzene rings is 2. The van der Waals surface area contributed by atoms with Crippen molar-refractivity contribution < 1.29 is 24.1 Å². The summed E-state index contributed by atoms with van der Waals surface area (Å²) in [6, 6.07) is 11.0. The maximum Gasteiger partial charge on any atom is 0.274 e. The Morgan fingerprint density at radius 1 is 1.00 bits per heavy atom. The summed E-state index contributed by atoms with van der Waals surface area (Å²) in [7, 11) is 0. The highest BCUT2D eigenvalue weighted by atomic mass is 35.5. The Kier molecular flexibility index (Phi) is 5.28. The second-order valence-corrected chi connectivity index (χ2v) is 8.97. The number of ketones is 1. The van der Waals surface area contributed by atoms with E-state index < -0.39 is 46.8 Å². The molecule has 172 valence electrons. The summed E-state index contributed by atoms with van der Waals surface area (Å²) in [5, 5.41) is 12.7. The zero-order chi connectivity index (χ0) is 24.1. The van der Waals surface area contributed by atoms with Gasteiger partial charge in [0.25, 0.3) is 23.4 Å². The number of hydrogen-bond donors (Lipinski definition) is 0. The fourth-order valence-electron chi connectivity index (χ4n) is 5.13. The van der Waals surface area contributed by atoms with Gasteiger partial charge >= 0.3 is 0 Å². The Bertz CT molecular complexity index is 1240. The highest BCUT2D eigenvalue weighted by molar-refractivity contribution is 6.34. The Labute approximate surface area is 198 Å². The van der Waals surface area contributed by atoms with Gasteiger partial charge in [-0.1, -0.05) is 35.9 Å². The van der Waals surface area contributed by atoms with Gasteiger partial charge in [0.2, 0.25) is 0 Å². The average molecular weight is 480 g/mol. The predicted molar refractivity (Wildman–Crippen MR) is 119 cm³/mol. The lowest BCUT2D eigenvalue weighted by Gasteiger charge is -2.31. The monoisotopic (exact) mass is 479 g/mol. The number of rotatable bonds is 6. The number of nitro benzene ring substituents is 1. The highest BCUT2D eigenvalue weighted by Crippen LogP contribution is 2.52. The first-order chi connectivity index (χ1) is 16.3. The number of nitro groups is 1. The Balaban J connectivity index is 1.49. The molecular formula is C24H18ClN3O6. The first-order valence-electron chi connectivity index (χ1n) is 10.7. The van der Waals surface area contributed by atoms with Crippen LogP contribution in [0.1, 0.15) is 27.1 Å². The zero-order valence-electron chi connectivity index (χ0n) is 17.7. The van der Waals surface area contributed by atoms with E-state index in [9.17, 15) is 29.3 Å². The van der Waals surface area contributed by atoms with Crippen LogP contribution in [0.4, 0.5) is 5.69 Å². The minimum Gasteiger partial charge on any atom is -0.292 e. The second-order valence-electron chi connectivity index (χ2n) is 8.56. The number of hydrazine groups is 1. The fourth-order valence-corrected chi connectivity index (χ4v) is 5.34. The lowest BCUT2D eigenvalue weighted by Crippen LogP contribution is -2.52. The number of hydrogen-bond acceptors (Lipinski definition) is 6. The van der Waals surface area contributed by atoms with Crippen molar-refractivity contribution in [2.24, 2.45) is 23.7 Å². The molecule has 0 unspecified atom stereocenters. The number of halogens is 1. The second kappa shape index (κ2) is 8.18. The van der Waals surface area contributed by atoms with Gasteiger partial charge in [-0.25, -0.2) is 5.01 Å². The van der Waals surface area contributed by atoms with Crippen LogP contribution in [0, 0.1) is 33.8 Å². The van der Waals surface area contributed by atoms with Gasteiger partial charge in [-0.2, -0.15) is 5.01 Å². The maximum absolute atomic E-state index is 13.5. The molecule has 2 aromatic rings. The Morgan fingerprint density at radius 2 is 1.59 bits per heavy atom. The molecule has 5 rings (SSSR count). The number of imide groups is 1. The Morgan fingerprint density at radius 3 is 2.15 bits per heavy atom. The quantitative estimate of drug-likeness (QED) is 0.206. The number of Topliss-reactive ketones (excluding diaryl/α,β-unsaturated/α-hetero) is 1. The van der Waals surface area contributed by atoms with E-state index in [0.29, 0.717) is 0 Å². The lowest BCUT2D eigenvalue weighted by molar-refractivity contribution is -0.384. The number of carbonyl (C=O) groups is 4. The maximum atomic E-state index is 13.5. The van der Waals surface area contributed by atoms with E-state index >= 15 is 0 Å². The van der Waals surface area contributed by atoms with Gasteiger partial charge in [-0.05, 0) is 42.5 Å². The van der Waals surface area contributed by atoms with Crippen molar-refractivity contribution in [2.75, 3.05) is 6.54 Å². The van der Waals surface area contributed by atoms with E-state index in [0.717, 1.165) is 16.4 Å². The molecule has 2 fully saturated rings. The van der Waals surface area contributed by atoms with Crippen molar-refractivity contribution in [3.05, 3.63) is 86.9 Å². The fraction of sp³-hybridized carbons (Fsp3) is 0.250. The number of nitrogens with zero attached hydrogens (tertiary/aromatic N) is 3. The van der Waals surface area contributed by atoms with Gasteiger partial charge in [0, 0.05) is 17.7 Å². The summed E-state index contributed by atoms with van der Waals surface area (Å²) in [5.74, 6) is -3.63. The van der Waals surface area contributed by atoms with E-state index in [1.165, 1.54) is 36.4 Å². The van der Waals surface area contributed by atoms with Crippen molar-refractivity contribution >= 4 is 40.8 Å². The van der Waals surface area contributed by atoms with Crippen LogP contribution in [0.3, 0.4) is 0 Å². The molecule has 10 heteroatoms. The largest absolute Gasteiger partial charge is 0.292 e. The first kappa shape index (κ1) is 22.0. The lowest BCUT2D eigenvalue weighted by atomic mass is 9.85. The van der Waals surface area contributed by atoms with Gasteiger partial charge in [-0.15, -0.1) is 0 Å². The molecule has 9 nitrogen and oxygen atoms in total. The third-order valence-electron chi connectivity index (χ3n) is 6.72. The first-order valence-corrected chi connectivity index (χ1v) is 11.1.